The van der Waals surface area contributed by atoms with E-state index in [2.05, 4.69) is 31.3 Å². The van der Waals surface area contributed by atoms with Gasteiger partial charge in [-0.15, -0.1) is 0 Å². The molecule has 0 aromatic heterocycles. The summed E-state index contributed by atoms with van der Waals surface area (Å²) in [6, 6.07) is 5.05. The summed E-state index contributed by atoms with van der Waals surface area (Å²) in [5, 5.41) is 3.60. The van der Waals surface area contributed by atoms with Gasteiger partial charge in [-0.05, 0) is 56.3 Å². The highest BCUT2D eigenvalue weighted by Gasteiger charge is 2.32. The highest BCUT2D eigenvalue weighted by molar-refractivity contribution is 5.48. The van der Waals surface area contributed by atoms with Crippen LogP contribution in [-0.4, -0.2) is 12.6 Å². The van der Waals surface area contributed by atoms with Gasteiger partial charge in [0.2, 0.25) is 0 Å². The van der Waals surface area contributed by atoms with Gasteiger partial charge in [-0.25, -0.2) is 0 Å². The lowest BCUT2D eigenvalue weighted by atomic mass is 9.99. The molecular formula is C15H21NO. The quantitative estimate of drug-likeness (QED) is 0.863. The van der Waals surface area contributed by atoms with Crippen LogP contribution in [0.15, 0.2) is 12.1 Å². The van der Waals surface area contributed by atoms with E-state index in [0.717, 1.165) is 12.3 Å². The maximum Gasteiger partial charge on any atom is 0.125 e. The average molecular weight is 231 g/mol. The third-order valence-corrected chi connectivity index (χ3v) is 3.96. The van der Waals surface area contributed by atoms with Crippen molar-refractivity contribution in [3.8, 4) is 5.75 Å². The molecule has 0 fully saturated rings. The van der Waals surface area contributed by atoms with Crippen molar-refractivity contribution in [2.75, 3.05) is 6.54 Å². The van der Waals surface area contributed by atoms with E-state index < -0.39 is 0 Å². The molecule has 0 amide bonds. The van der Waals surface area contributed by atoms with Crippen LogP contribution in [0.3, 0.4) is 0 Å². The number of aryl methyl sites for hydroxylation is 2. The van der Waals surface area contributed by atoms with E-state index in [0.29, 0.717) is 6.04 Å². The Morgan fingerprint density at radius 1 is 1.29 bits per heavy atom. The monoisotopic (exact) mass is 231 g/mol. The first kappa shape index (κ1) is 11.1. The molecule has 2 aliphatic rings. The van der Waals surface area contributed by atoms with Crippen molar-refractivity contribution in [1.29, 1.82) is 0 Å². The number of rotatable bonds is 3. The molecule has 1 aliphatic carbocycles. The Balaban J connectivity index is 1.92. The zero-order valence-corrected chi connectivity index (χ0v) is 10.8. The Hall–Kier alpha value is -1.02. The minimum absolute atomic E-state index is 0.263. The molecule has 17 heavy (non-hydrogen) atoms. The Morgan fingerprint density at radius 3 is 2.82 bits per heavy atom. The maximum atomic E-state index is 5.98. The highest BCUT2D eigenvalue weighted by Crippen LogP contribution is 2.40. The van der Waals surface area contributed by atoms with E-state index in [1.807, 2.05) is 0 Å². The molecule has 0 radical (unpaired) electrons. The average Bonchev–Trinajstić information content (AvgIpc) is 2.87. The summed E-state index contributed by atoms with van der Waals surface area (Å²) >= 11 is 0. The summed E-state index contributed by atoms with van der Waals surface area (Å²) in [4.78, 5) is 0. The predicted octanol–water partition coefficient (Wildman–Crippen LogP) is 3.00. The number of ether oxygens (including phenoxy) is 1. The molecule has 3 rings (SSSR count). The van der Waals surface area contributed by atoms with E-state index >= 15 is 0 Å². The first-order valence-electron chi connectivity index (χ1n) is 6.85. The van der Waals surface area contributed by atoms with Crippen molar-refractivity contribution >= 4 is 0 Å². The number of hydrogen-bond donors (Lipinski definition) is 1. The van der Waals surface area contributed by atoms with Gasteiger partial charge in [0.25, 0.3) is 0 Å². The van der Waals surface area contributed by atoms with Crippen molar-refractivity contribution in [3.63, 3.8) is 0 Å². The van der Waals surface area contributed by atoms with E-state index in [1.54, 1.807) is 5.56 Å². The SMILES string of the molecule is CCCNC1c2cc3c(cc2OC1C)CCC3. The van der Waals surface area contributed by atoms with Crippen molar-refractivity contribution < 1.29 is 4.74 Å². The van der Waals surface area contributed by atoms with E-state index in [-0.39, 0.29) is 6.10 Å². The Kier molecular flexibility index (Phi) is 2.83. The van der Waals surface area contributed by atoms with E-state index in [9.17, 15) is 0 Å². The number of nitrogens with one attached hydrogen (secondary N) is 1. The van der Waals surface area contributed by atoms with Gasteiger partial charge in [-0.1, -0.05) is 13.0 Å². The van der Waals surface area contributed by atoms with E-state index in [1.165, 1.54) is 36.8 Å². The van der Waals surface area contributed by atoms with Crippen LogP contribution in [-0.2, 0) is 12.8 Å². The van der Waals surface area contributed by atoms with Crippen LogP contribution in [0.2, 0.25) is 0 Å². The lowest BCUT2D eigenvalue weighted by molar-refractivity contribution is 0.209. The van der Waals surface area contributed by atoms with Crippen molar-refractivity contribution in [3.05, 3.63) is 28.8 Å². The fourth-order valence-electron chi connectivity index (χ4n) is 3.06. The van der Waals surface area contributed by atoms with Gasteiger partial charge in [-0.3, -0.25) is 0 Å². The van der Waals surface area contributed by atoms with E-state index in [4.69, 9.17) is 4.74 Å². The molecule has 92 valence electrons. The van der Waals surface area contributed by atoms with Gasteiger partial charge in [0.05, 0.1) is 6.04 Å². The first-order chi connectivity index (χ1) is 8.29. The molecule has 2 unspecified atom stereocenters. The van der Waals surface area contributed by atoms with Crippen LogP contribution in [0.1, 0.15) is 49.4 Å². The smallest absolute Gasteiger partial charge is 0.125 e. The standard InChI is InChI=1S/C15H21NO/c1-3-7-16-15-10(2)17-14-9-12-6-4-5-11(12)8-13(14)15/h8-10,15-16H,3-7H2,1-2H3. The predicted molar refractivity (Wildman–Crippen MR) is 69.6 cm³/mol. The summed E-state index contributed by atoms with van der Waals surface area (Å²) in [6.07, 6.45) is 5.22. The second kappa shape index (κ2) is 4.34. The normalized spacial score (nSPS) is 25.5. The van der Waals surface area contributed by atoms with Gasteiger partial charge >= 0.3 is 0 Å². The molecule has 0 spiro atoms. The zero-order valence-electron chi connectivity index (χ0n) is 10.8. The lowest BCUT2D eigenvalue weighted by Crippen LogP contribution is -2.29. The third-order valence-electron chi connectivity index (χ3n) is 3.96. The van der Waals surface area contributed by atoms with Crippen LogP contribution in [0.4, 0.5) is 0 Å². The highest BCUT2D eigenvalue weighted by atomic mass is 16.5. The Bertz CT molecular complexity index is 427. The second-order valence-electron chi connectivity index (χ2n) is 5.27. The topological polar surface area (TPSA) is 21.3 Å². The van der Waals surface area contributed by atoms with Crippen LogP contribution in [0.5, 0.6) is 5.75 Å². The van der Waals surface area contributed by atoms with Gasteiger partial charge in [0.1, 0.15) is 11.9 Å². The molecule has 2 heteroatoms. The Morgan fingerprint density at radius 2 is 2.06 bits per heavy atom. The van der Waals surface area contributed by atoms with Crippen LogP contribution >= 0.6 is 0 Å². The Labute approximate surface area is 103 Å². The maximum absolute atomic E-state index is 5.98. The van der Waals surface area contributed by atoms with Gasteiger partial charge in [0, 0.05) is 5.56 Å². The minimum Gasteiger partial charge on any atom is -0.488 e. The summed E-state index contributed by atoms with van der Waals surface area (Å²) < 4.78 is 5.98. The van der Waals surface area contributed by atoms with Crippen LogP contribution < -0.4 is 10.1 Å². The van der Waals surface area contributed by atoms with Gasteiger partial charge < -0.3 is 10.1 Å². The minimum atomic E-state index is 0.263. The molecule has 0 saturated carbocycles. The third kappa shape index (κ3) is 1.85. The molecule has 1 aromatic rings. The molecule has 1 aliphatic heterocycles. The number of fused-ring (bicyclic) bond motifs is 2. The van der Waals surface area contributed by atoms with Gasteiger partial charge in [-0.2, -0.15) is 0 Å². The molecule has 0 bridgehead atoms. The number of benzene rings is 1. The summed E-state index contributed by atoms with van der Waals surface area (Å²) in [5.74, 6) is 1.12. The molecule has 1 heterocycles. The molecular weight excluding hydrogens is 210 g/mol. The summed E-state index contributed by atoms with van der Waals surface area (Å²) in [6.45, 7) is 5.43. The molecule has 2 nitrogen and oxygen atoms in total. The fourth-order valence-corrected chi connectivity index (χ4v) is 3.06. The first-order valence-corrected chi connectivity index (χ1v) is 6.85. The fraction of sp³-hybridized carbons (Fsp3) is 0.600. The van der Waals surface area contributed by atoms with Crippen LogP contribution in [0.25, 0.3) is 0 Å². The second-order valence-corrected chi connectivity index (χ2v) is 5.27. The molecule has 2 atom stereocenters. The van der Waals surface area contributed by atoms with Crippen molar-refractivity contribution in [1.82, 2.24) is 5.32 Å². The molecule has 1 N–H and O–H groups in total. The van der Waals surface area contributed by atoms with Gasteiger partial charge in [0.15, 0.2) is 0 Å². The zero-order chi connectivity index (χ0) is 11.8. The summed E-state index contributed by atoms with van der Waals surface area (Å²) in [7, 11) is 0. The van der Waals surface area contributed by atoms with Crippen LogP contribution in [0, 0.1) is 0 Å². The van der Waals surface area contributed by atoms with Crippen molar-refractivity contribution in [2.24, 2.45) is 0 Å². The molecule has 0 saturated heterocycles. The summed E-state index contributed by atoms with van der Waals surface area (Å²) in [5.41, 5.74) is 4.43. The molecule has 1 aromatic carbocycles. The lowest BCUT2D eigenvalue weighted by Gasteiger charge is -2.16. The van der Waals surface area contributed by atoms with Crippen molar-refractivity contribution in [2.45, 2.75) is 51.7 Å². The largest absolute Gasteiger partial charge is 0.488 e. The number of hydrogen-bond acceptors (Lipinski definition) is 2.